The fourth-order valence-electron chi connectivity index (χ4n) is 0. The molecule has 0 saturated heterocycles. The minimum atomic E-state index is -2.72. The van der Waals surface area contributed by atoms with Crippen molar-refractivity contribution in [3.8, 4) is 0 Å². The van der Waals surface area contributed by atoms with Crippen LogP contribution in [0.4, 0.5) is 0 Å². The Morgan fingerprint density at radius 2 is 0.800 bits per heavy atom. The molecule has 0 fully saturated rings. The summed E-state index contributed by atoms with van der Waals surface area (Å²) < 4.78 is -2.72. The molecule has 0 atom stereocenters. The summed E-state index contributed by atoms with van der Waals surface area (Å²) in [6.07, 6.45) is 0. The van der Waals surface area contributed by atoms with E-state index in [9.17, 15) is 0 Å². The van der Waals surface area contributed by atoms with E-state index in [-0.39, 0.29) is 0 Å². The van der Waals surface area contributed by atoms with Gasteiger partial charge in [-0.3, -0.25) is 0 Å². The van der Waals surface area contributed by atoms with Crippen molar-refractivity contribution in [3.05, 3.63) is 0 Å². The first-order valence-electron chi connectivity index (χ1n) is 0.756. The summed E-state index contributed by atoms with van der Waals surface area (Å²) in [4.78, 5) is 0. The number of hydrogen-bond acceptors (Lipinski definition) is 0. The van der Waals surface area contributed by atoms with Crippen LogP contribution >= 0.6 is 49.6 Å². The maximum atomic E-state index is 4.97. The molecule has 0 aliphatic carbocycles. The Kier molecular flexibility index (Phi) is 2.69. The molecule has 0 amide bonds. The quantitative estimate of drug-likeness (QED) is 0.493. The van der Waals surface area contributed by atoms with Crippen LogP contribution < -0.4 is 0 Å². The van der Waals surface area contributed by atoms with Crippen LogP contribution in [0.15, 0.2) is 0 Å². The summed E-state index contributed by atoms with van der Waals surface area (Å²) in [6.45, 7) is 0. The van der Waals surface area contributed by atoms with Gasteiger partial charge in [0.1, 0.15) is 0 Å². The van der Waals surface area contributed by atoms with Crippen molar-refractivity contribution < 1.29 is 0 Å². The van der Waals surface area contributed by atoms with Crippen LogP contribution in [0.2, 0.25) is 0 Å². The monoisotopic (exact) mass is 172 g/mol. The number of rotatable bonds is 0. The molecule has 0 aromatic carbocycles. The van der Waals surface area contributed by atoms with E-state index in [4.69, 9.17) is 45.0 Å². The first-order valence-corrected chi connectivity index (χ1v) is 6.80. The Labute approximate surface area is 49.8 Å². The van der Waals surface area contributed by atoms with Gasteiger partial charge in [0.05, 0.1) is 0 Å². The minimum absolute atomic E-state index is 2.72. The summed E-state index contributed by atoms with van der Waals surface area (Å²) in [6, 6.07) is 0. The average Bonchev–Trinajstić information content (AvgIpc) is 0.722. The van der Waals surface area contributed by atoms with E-state index in [1.807, 2.05) is 0 Å². The molecule has 0 spiro atoms. The van der Waals surface area contributed by atoms with Crippen LogP contribution in [0.1, 0.15) is 0 Å². The van der Waals surface area contributed by atoms with Crippen LogP contribution in [0.5, 0.6) is 0 Å². The van der Waals surface area contributed by atoms with Gasteiger partial charge in [-0.2, -0.15) is 0 Å². The third-order valence-corrected chi connectivity index (χ3v) is 0. The first kappa shape index (κ1) is 6.59. The SMILES string of the molecule is Cl[PH](Cl)(Cl)Cl. The maximum absolute atomic E-state index is 4.97. The normalized spacial score (nSPS) is 15.2. The predicted molar refractivity (Wildman–Crippen MR) is 31.7 cm³/mol. The van der Waals surface area contributed by atoms with Crippen molar-refractivity contribution in [1.82, 2.24) is 0 Å². The van der Waals surface area contributed by atoms with E-state index in [0.717, 1.165) is 0 Å². The van der Waals surface area contributed by atoms with E-state index < -0.39 is 4.67 Å². The summed E-state index contributed by atoms with van der Waals surface area (Å²) >= 11 is 19.9. The van der Waals surface area contributed by atoms with Crippen molar-refractivity contribution in [2.24, 2.45) is 0 Å². The standard InChI is InChI=1S/Cl4HP/c1-5(2,3)4/h5H. The first-order chi connectivity index (χ1) is 2.00. The Balaban J connectivity index is 3.02. The molecular formula is HCl4P. The zero-order valence-electron chi connectivity index (χ0n) is 2.01. The summed E-state index contributed by atoms with van der Waals surface area (Å²) in [5.74, 6) is 0. The van der Waals surface area contributed by atoms with Crippen LogP contribution in [0, 0.1) is 0 Å². The third-order valence-electron chi connectivity index (χ3n) is 0. The Bertz CT molecular complexity index is 19.1. The Morgan fingerprint density at radius 1 is 0.800 bits per heavy atom. The zero-order chi connectivity index (χ0) is 4.50. The van der Waals surface area contributed by atoms with Crippen molar-refractivity contribution in [1.29, 1.82) is 0 Å². The number of halogens is 4. The molecule has 5 heavy (non-hydrogen) atoms. The molecular weight excluding hydrogens is 173 g/mol. The second-order valence-electron chi connectivity index (χ2n) is 0.429. The summed E-state index contributed by atoms with van der Waals surface area (Å²) in [7, 11) is 0. The van der Waals surface area contributed by atoms with Crippen LogP contribution in [-0.4, -0.2) is 0 Å². The second-order valence-corrected chi connectivity index (χ2v) is 11.6. The molecule has 0 rings (SSSR count). The van der Waals surface area contributed by atoms with Gasteiger partial charge in [-0.25, -0.2) is 0 Å². The van der Waals surface area contributed by atoms with Crippen LogP contribution in [0.25, 0.3) is 0 Å². The fraction of sp³-hybridized carbons (Fsp3) is 0. The van der Waals surface area contributed by atoms with E-state index in [2.05, 4.69) is 0 Å². The molecule has 0 aromatic heterocycles. The third kappa shape index (κ3) is 28.5. The number of hydrogen-bond donors (Lipinski definition) is 0. The van der Waals surface area contributed by atoms with Crippen molar-refractivity contribution >= 4 is 49.6 Å². The van der Waals surface area contributed by atoms with Crippen molar-refractivity contribution in [2.45, 2.75) is 0 Å². The molecule has 0 bridgehead atoms. The van der Waals surface area contributed by atoms with Gasteiger partial charge in [0.15, 0.2) is 0 Å². The van der Waals surface area contributed by atoms with Crippen LogP contribution in [-0.2, 0) is 0 Å². The van der Waals surface area contributed by atoms with Gasteiger partial charge in [-0.05, 0) is 0 Å². The molecule has 0 aromatic rings. The van der Waals surface area contributed by atoms with Gasteiger partial charge >= 0.3 is 49.6 Å². The van der Waals surface area contributed by atoms with Gasteiger partial charge in [0.2, 0.25) is 0 Å². The predicted octanol–water partition coefficient (Wildman–Crippen LogP) is 3.35. The van der Waals surface area contributed by atoms with E-state index >= 15 is 0 Å². The van der Waals surface area contributed by atoms with E-state index in [1.165, 1.54) is 0 Å². The van der Waals surface area contributed by atoms with E-state index in [1.54, 1.807) is 0 Å². The second kappa shape index (κ2) is 2.04. The molecule has 0 nitrogen and oxygen atoms in total. The summed E-state index contributed by atoms with van der Waals surface area (Å²) in [5, 5.41) is 0. The fourth-order valence-corrected chi connectivity index (χ4v) is 0. The Hall–Kier alpha value is 1.59. The Morgan fingerprint density at radius 3 is 0.800 bits per heavy atom. The van der Waals surface area contributed by atoms with Gasteiger partial charge in [-0.1, -0.05) is 0 Å². The van der Waals surface area contributed by atoms with Gasteiger partial charge in [-0.15, -0.1) is 0 Å². The molecule has 5 heteroatoms. The van der Waals surface area contributed by atoms with E-state index in [0.29, 0.717) is 0 Å². The molecule has 0 aliphatic heterocycles. The van der Waals surface area contributed by atoms with Gasteiger partial charge < -0.3 is 0 Å². The molecule has 0 radical (unpaired) electrons. The average molecular weight is 174 g/mol. The van der Waals surface area contributed by atoms with Gasteiger partial charge in [0.25, 0.3) is 0 Å². The van der Waals surface area contributed by atoms with Crippen LogP contribution in [0.3, 0.4) is 0 Å². The molecule has 0 unspecified atom stereocenters. The topological polar surface area (TPSA) is 0 Å². The molecule has 0 saturated carbocycles. The molecule has 0 aliphatic rings. The van der Waals surface area contributed by atoms with Crippen molar-refractivity contribution in [3.63, 3.8) is 0 Å². The molecule has 34 valence electrons. The zero-order valence-corrected chi connectivity index (χ0v) is 6.04. The van der Waals surface area contributed by atoms with Gasteiger partial charge in [0, 0.05) is 0 Å². The van der Waals surface area contributed by atoms with Crippen molar-refractivity contribution in [2.75, 3.05) is 0 Å². The summed E-state index contributed by atoms with van der Waals surface area (Å²) in [5.41, 5.74) is 0. The molecule has 0 heterocycles. The molecule has 0 N–H and O–H groups in total.